The predicted octanol–water partition coefficient (Wildman–Crippen LogP) is 1.33. The zero-order valence-corrected chi connectivity index (χ0v) is 14.8. The van der Waals surface area contributed by atoms with E-state index in [1.807, 2.05) is 34.8 Å². The molecule has 3 aromatic heterocycles. The molecule has 1 amide bonds. The van der Waals surface area contributed by atoms with Crippen LogP contribution in [-0.2, 0) is 33.7 Å². The van der Waals surface area contributed by atoms with Gasteiger partial charge in [-0.25, -0.2) is 4.98 Å². The summed E-state index contributed by atoms with van der Waals surface area (Å²) in [7, 11) is 3.73. The number of fused-ring (bicyclic) bond motifs is 1. The SMILES string of the molecule is Cn1ccc(C(=O)N2CCc3c(c(COc4ccccn4)nn3C)C2)n1. The van der Waals surface area contributed by atoms with Crippen LogP contribution < -0.4 is 4.74 Å². The van der Waals surface area contributed by atoms with E-state index >= 15 is 0 Å². The Morgan fingerprint density at radius 2 is 2.12 bits per heavy atom. The molecule has 8 heteroatoms. The van der Waals surface area contributed by atoms with E-state index in [9.17, 15) is 4.79 Å². The summed E-state index contributed by atoms with van der Waals surface area (Å²) in [6.45, 7) is 1.49. The highest BCUT2D eigenvalue weighted by atomic mass is 16.5. The van der Waals surface area contributed by atoms with Crippen LogP contribution in [0.5, 0.6) is 5.88 Å². The van der Waals surface area contributed by atoms with Crippen LogP contribution in [-0.4, -0.2) is 41.9 Å². The molecule has 0 spiro atoms. The van der Waals surface area contributed by atoms with E-state index in [0.717, 1.165) is 23.4 Å². The first-order chi connectivity index (χ1) is 12.6. The van der Waals surface area contributed by atoms with E-state index in [-0.39, 0.29) is 5.91 Å². The zero-order chi connectivity index (χ0) is 18.1. The van der Waals surface area contributed by atoms with Gasteiger partial charge in [0.25, 0.3) is 5.91 Å². The van der Waals surface area contributed by atoms with Gasteiger partial charge in [0, 0.05) is 63.3 Å². The number of carbonyl (C=O) groups is 1. The summed E-state index contributed by atoms with van der Waals surface area (Å²) >= 11 is 0. The van der Waals surface area contributed by atoms with Crippen molar-refractivity contribution in [2.24, 2.45) is 14.1 Å². The van der Waals surface area contributed by atoms with Gasteiger partial charge in [-0.15, -0.1) is 0 Å². The molecule has 3 aromatic rings. The van der Waals surface area contributed by atoms with Gasteiger partial charge in [0.2, 0.25) is 5.88 Å². The Morgan fingerprint density at radius 3 is 2.85 bits per heavy atom. The molecule has 0 saturated heterocycles. The summed E-state index contributed by atoms with van der Waals surface area (Å²) < 4.78 is 9.27. The number of ether oxygens (including phenoxy) is 1. The lowest BCUT2D eigenvalue weighted by molar-refractivity contribution is 0.0725. The van der Waals surface area contributed by atoms with E-state index in [1.54, 1.807) is 30.2 Å². The van der Waals surface area contributed by atoms with Crippen LogP contribution in [0.25, 0.3) is 0 Å². The van der Waals surface area contributed by atoms with Crippen LogP contribution in [0.1, 0.15) is 27.4 Å². The second-order valence-electron chi connectivity index (χ2n) is 6.30. The molecule has 0 radical (unpaired) electrons. The van der Waals surface area contributed by atoms with Crippen molar-refractivity contribution in [3.63, 3.8) is 0 Å². The lowest BCUT2D eigenvalue weighted by Gasteiger charge is -2.27. The Morgan fingerprint density at radius 1 is 1.23 bits per heavy atom. The van der Waals surface area contributed by atoms with E-state index in [2.05, 4.69) is 15.2 Å². The van der Waals surface area contributed by atoms with Gasteiger partial charge in [0.05, 0.1) is 0 Å². The summed E-state index contributed by atoms with van der Waals surface area (Å²) in [5.74, 6) is 0.501. The third-order valence-corrected chi connectivity index (χ3v) is 4.54. The van der Waals surface area contributed by atoms with Gasteiger partial charge in [-0.1, -0.05) is 6.07 Å². The highest BCUT2D eigenvalue weighted by Crippen LogP contribution is 2.24. The Bertz CT molecular complexity index is 931. The number of carbonyl (C=O) groups excluding carboxylic acids is 1. The van der Waals surface area contributed by atoms with Crippen LogP contribution >= 0.6 is 0 Å². The van der Waals surface area contributed by atoms with Gasteiger partial charge in [0.15, 0.2) is 0 Å². The van der Waals surface area contributed by atoms with Crippen LogP contribution in [0.3, 0.4) is 0 Å². The minimum absolute atomic E-state index is 0.0586. The Balaban J connectivity index is 1.53. The number of aromatic nitrogens is 5. The number of hydrogen-bond donors (Lipinski definition) is 0. The van der Waals surface area contributed by atoms with Crippen molar-refractivity contribution in [3.8, 4) is 5.88 Å². The molecular weight excluding hydrogens is 332 g/mol. The molecule has 8 nitrogen and oxygen atoms in total. The molecule has 0 aliphatic carbocycles. The Labute approximate surface area is 151 Å². The van der Waals surface area contributed by atoms with Crippen LogP contribution in [0.4, 0.5) is 0 Å². The third-order valence-electron chi connectivity index (χ3n) is 4.54. The van der Waals surface area contributed by atoms with Crippen molar-refractivity contribution >= 4 is 5.91 Å². The minimum atomic E-state index is -0.0586. The molecule has 4 heterocycles. The Hall–Kier alpha value is -3.16. The average Bonchev–Trinajstić information content (AvgIpc) is 3.23. The third kappa shape index (κ3) is 3.05. The first-order valence-electron chi connectivity index (χ1n) is 8.48. The number of pyridine rings is 1. The second kappa shape index (κ2) is 6.62. The molecule has 0 aromatic carbocycles. The maximum Gasteiger partial charge on any atom is 0.274 e. The summed E-state index contributed by atoms with van der Waals surface area (Å²) in [5, 5.41) is 8.80. The zero-order valence-electron chi connectivity index (χ0n) is 14.8. The molecule has 1 aliphatic heterocycles. The summed E-state index contributed by atoms with van der Waals surface area (Å²) in [4.78, 5) is 18.7. The lowest BCUT2D eigenvalue weighted by Crippen LogP contribution is -2.36. The fourth-order valence-electron chi connectivity index (χ4n) is 3.22. The van der Waals surface area contributed by atoms with Crippen molar-refractivity contribution in [3.05, 3.63) is 59.3 Å². The molecule has 1 aliphatic rings. The molecule has 0 unspecified atom stereocenters. The molecular formula is C18H20N6O2. The highest BCUT2D eigenvalue weighted by Gasteiger charge is 2.28. The fraction of sp³-hybridized carbons (Fsp3) is 0.333. The normalized spacial score (nSPS) is 13.5. The predicted molar refractivity (Wildman–Crippen MR) is 93.4 cm³/mol. The van der Waals surface area contributed by atoms with Gasteiger partial charge in [-0.2, -0.15) is 10.2 Å². The molecule has 0 atom stereocenters. The molecule has 0 bridgehead atoms. The standard InChI is InChI=1S/C18H20N6O2/c1-22-9-6-14(20-22)18(25)24-10-7-16-13(11-24)15(21-23(16)2)12-26-17-5-3-4-8-19-17/h3-6,8-9H,7,10-12H2,1-2H3. The first-order valence-corrected chi connectivity index (χ1v) is 8.48. The van der Waals surface area contributed by atoms with Crippen LogP contribution in [0.15, 0.2) is 36.7 Å². The summed E-state index contributed by atoms with van der Waals surface area (Å²) in [6, 6.07) is 7.28. The van der Waals surface area contributed by atoms with Crippen molar-refractivity contribution in [1.82, 2.24) is 29.4 Å². The van der Waals surface area contributed by atoms with Crippen molar-refractivity contribution in [2.45, 2.75) is 19.6 Å². The quantitative estimate of drug-likeness (QED) is 0.708. The first kappa shape index (κ1) is 16.3. The number of nitrogens with zero attached hydrogens (tertiary/aromatic N) is 6. The van der Waals surface area contributed by atoms with Crippen LogP contribution in [0.2, 0.25) is 0 Å². The lowest BCUT2D eigenvalue weighted by atomic mass is 10.0. The highest BCUT2D eigenvalue weighted by molar-refractivity contribution is 5.92. The second-order valence-corrected chi connectivity index (χ2v) is 6.30. The van der Waals surface area contributed by atoms with Crippen molar-refractivity contribution in [2.75, 3.05) is 6.54 Å². The maximum absolute atomic E-state index is 12.7. The fourth-order valence-corrected chi connectivity index (χ4v) is 3.22. The number of amides is 1. The molecule has 134 valence electrons. The molecule has 0 saturated carbocycles. The molecule has 26 heavy (non-hydrogen) atoms. The van der Waals surface area contributed by atoms with Gasteiger partial charge in [-0.05, 0) is 12.1 Å². The number of hydrogen-bond acceptors (Lipinski definition) is 5. The van der Waals surface area contributed by atoms with Gasteiger partial charge < -0.3 is 9.64 Å². The van der Waals surface area contributed by atoms with E-state index in [1.165, 1.54) is 0 Å². The monoisotopic (exact) mass is 352 g/mol. The van der Waals surface area contributed by atoms with Crippen LogP contribution in [0, 0.1) is 0 Å². The number of aryl methyl sites for hydroxylation is 2. The van der Waals surface area contributed by atoms with Crippen molar-refractivity contribution < 1.29 is 9.53 Å². The largest absolute Gasteiger partial charge is 0.471 e. The molecule has 4 rings (SSSR count). The smallest absolute Gasteiger partial charge is 0.274 e. The van der Waals surface area contributed by atoms with E-state index in [4.69, 9.17) is 4.74 Å². The minimum Gasteiger partial charge on any atom is -0.471 e. The molecule has 0 N–H and O–H groups in total. The Kier molecular flexibility index (Phi) is 4.16. The van der Waals surface area contributed by atoms with Gasteiger partial charge >= 0.3 is 0 Å². The number of rotatable bonds is 4. The average molecular weight is 352 g/mol. The summed E-state index contributed by atoms with van der Waals surface area (Å²) in [5.41, 5.74) is 3.51. The summed E-state index contributed by atoms with van der Waals surface area (Å²) in [6.07, 6.45) is 4.23. The van der Waals surface area contributed by atoms with Crippen molar-refractivity contribution in [1.29, 1.82) is 0 Å². The maximum atomic E-state index is 12.7. The topological polar surface area (TPSA) is 78.1 Å². The van der Waals surface area contributed by atoms with Gasteiger partial charge in [0.1, 0.15) is 18.0 Å². The van der Waals surface area contributed by atoms with Gasteiger partial charge in [-0.3, -0.25) is 14.2 Å². The molecule has 0 fully saturated rings. The van der Waals surface area contributed by atoms with E-state index in [0.29, 0.717) is 31.3 Å². The van der Waals surface area contributed by atoms with E-state index < -0.39 is 0 Å².